The number of nitrogens with two attached hydrogens (primary N) is 1. The summed E-state index contributed by atoms with van der Waals surface area (Å²) >= 11 is 0. The molecule has 28 heteroatoms. The second kappa shape index (κ2) is 59.2. The first-order valence-electron chi connectivity index (χ1n) is 32.8. The van der Waals surface area contributed by atoms with Crippen LogP contribution in [0.15, 0.2) is 12.5 Å². The molecule has 10 N–H and O–H groups in total. The number of carbonyl (C=O) groups is 10. The summed E-state index contributed by atoms with van der Waals surface area (Å²) in [5, 5.41) is 31.5. The lowest BCUT2D eigenvalue weighted by Gasteiger charge is -2.15. The van der Waals surface area contributed by atoms with Gasteiger partial charge in [0.2, 0.25) is 29.5 Å². The Kier molecular flexibility index (Phi) is 54.1. The van der Waals surface area contributed by atoms with Crippen molar-refractivity contribution in [1.29, 1.82) is 0 Å². The van der Waals surface area contributed by atoms with Gasteiger partial charge in [-0.1, -0.05) is 83.5 Å². The Morgan fingerprint density at radius 1 is 0.451 bits per heavy atom. The number of hydrogen-bond donors (Lipinski definition) is 9. The van der Waals surface area contributed by atoms with Crippen LogP contribution >= 0.6 is 0 Å². The molecule has 0 radical (unpaired) electrons. The van der Waals surface area contributed by atoms with Crippen molar-refractivity contribution < 1.29 is 96.1 Å². The fourth-order valence-corrected chi connectivity index (χ4v) is 9.06. The van der Waals surface area contributed by atoms with E-state index in [2.05, 4.69) is 36.6 Å². The minimum absolute atomic E-state index is 0.0280. The van der Waals surface area contributed by atoms with Gasteiger partial charge in [0.25, 0.3) is 0 Å². The number of aliphatic carboxylic acids is 2. The average Bonchev–Trinajstić information content (AvgIpc) is 4.20. The normalized spacial score (nSPS) is 12.2. The number of nitrogens with zero attached hydrogens (tertiary/aromatic N) is 1. The van der Waals surface area contributed by atoms with Gasteiger partial charge in [0.05, 0.1) is 85.0 Å². The van der Waals surface area contributed by atoms with Crippen LogP contribution in [0.25, 0.3) is 0 Å². The van der Waals surface area contributed by atoms with Gasteiger partial charge in [-0.15, -0.1) is 0 Å². The topological polar surface area (TPSA) is 400 Å². The smallest absolute Gasteiger partial charge is 0.326 e. The van der Waals surface area contributed by atoms with Gasteiger partial charge in [-0.05, 0) is 51.9 Å². The van der Waals surface area contributed by atoms with Crippen molar-refractivity contribution in [2.24, 2.45) is 11.7 Å². The summed E-state index contributed by atoms with van der Waals surface area (Å²) in [5.41, 5.74) is 6.80. The molecule has 0 bridgehead atoms. The predicted molar refractivity (Wildman–Crippen MR) is 336 cm³/mol. The number of hydrogen-bond acceptors (Lipinski definition) is 20. The van der Waals surface area contributed by atoms with Crippen molar-refractivity contribution in [2.45, 2.75) is 186 Å². The molecule has 522 valence electrons. The summed E-state index contributed by atoms with van der Waals surface area (Å²) < 4.78 is 43.1. The lowest BCUT2D eigenvalue weighted by atomic mass is 9.90. The zero-order valence-electron chi connectivity index (χ0n) is 54.2. The molecule has 5 amide bonds. The van der Waals surface area contributed by atoms with Crippen LogP contribution < -0.4 is 32.3 Å². The van der Waals surface area contributed by atoms with E-state index in [1.165, 1.54) is 51.8 Å². The number of imidazole rings is 1. The third kappa shape index (κ3) is 54.4. The Labute approximate surface area is 537 Å². The monoisotopic (exact) mass is 1300 g/mol. The first-order valence-corrected chi connectivity index (χ1v) is 32.8. The number of carboxylic acid groups (broad SMARTS) is 2. The van der Waals surface area contributed by atoms with E-state index in [0.717, 1.165) is 50.6 Å². The largest absolute Gasteiger partial charge is 0.481 e. The summed E-state index contributed by atoms with van der Waals surface area (Å²) in [5.74, 6) is -3.94. The van der Waals surface area contributed by atoms with Crippen LogP contribution in [-0.4, -0.2) is 223 Å². The first kappa shape index (κ1) is 83.2. The summed E-state index contributed by atoms with van der Waals surface area (Å²) in [6, 6.07) is -1.81. The van der Waals surface area contributed by atoms with Crippen LogP contribution in [0.2, 0.25) is 0 Å². The van der Waals surface area contributed by atoms with Crippen molar-refractivity contribution >= 4 is 58.8 Å². The molecule has 0 fully saturated rings. The SMILES string of the molecule is CC(=O)[C@H](CCCCNC(=O)COCCOCCNC(=O)COCCOCCCC(=O)COCCOCCNC(=O)COCCOCCNC(=O)CC[C@H](NC(=O)CCCCCCCCCCCCCCCCC(=O)O)C(=O)O)CCC(=O)[C@@H](N)Cc1cnc[nH]1. The fraction of sp³-hybridized carbons (Fsp3) is 0.794. The maximum Gasteiger partial charge on any atom is 0.326 e. The van der Waals surface area contributed by atoms with E-state index in [1.807, 2.05) is 0 Å². The molecule has 0 spiro atoms. The molecule has 1 rings (SSSR count). The van der Waals surface area contributed by atoms with Crippen LogP contribution in [0, 0.1) is 5.92 Å². The molecule has 1 heterocycles. The molecule has 28 nitrogen and oxygen atoms in total. The number of nitrogens with one attached hydrogen (secondary N) is 6. The number of Topliss-reactive ketones (excluding diaryl/α,β-unsaturated/α-hetero) is 3. The van der Waals surface area contributed by atoms with Gasteiger partial charge in [0.1, 0.15) is 44.0 Å². The van der Waals surface area contributed by atoms with Crippen LogP contribution in [-0.2, 0) is 92.3 Å². The van der Waals surface area contributed by atoms with E-state index >= 15 is 0 Å². The van der Waals surface area contributed by atoms with Crippen LogP contribution in [0.4, 0.5) is 0 Å². The van der Waals surface area contributed by atoms with Crippen LogP contribution in [0.1, 0.15) is 173 Å². The third-order valence-electron chi connectivity index (χ3n) is 14.3. The van der Waals surface area contributed by atoms with Crippen molar-refractivity contribution in [1.82, 2.24) is 36.6 Å². The predicted octanol–water partition coefficient (Wildman–Crippen LogP) is 3.63. The number of aromatic amines is 1. The van der Waals surface area contributed by atoms with Crippen molar-refractivity contribution in [3.63, 3.8) is 0 Å². The van der Waals surface area contributed by atoms with Gasteiger partial charge < -0.3 is 85.4 Å². The van der Waals surface area contributed by atoms with E-state index in [-0.39, 0.29) is 210 Å². The summed E-state index contributed by atoms with van der Waals surface area (Å²) in [6.07, 6.45) is 22.3. The second-order valence-corrected chi connectivity index (χ2v) is 22.2. The number of ether oxygens (including phenoxy) is 8. The number of carbonyl (C=O) groups excluding carboxylic acids is 8. The standard InChI is InChI=1S/C63H110N8O20/c1-50(72)51(23-25-56(74)54(64)43-52-44-65-49-70-52)19-16-17-27-66-59(77)46-90-41-38-87-34-30-69-60(78)47-89-40-35-84-31-18-20-53(73)45-88-39-36-86-33-29-68-61(79)48-91-42-37-85-32-28-67-57(75)26-24-55(63(82)83)71-58(76)21-14-12-10-8-6-4-2-3-5-7-9-11-13-15-22-62(80)81/h44,49,51,54-55H,2-43,45-48,64H2,1H3,(H,65,70)(H,66,77)(H,67,75)(H,68,79)(H,69,78)(H,71,76)(H,80,81)(H,82,83)/t51-,54+,55+/m1/s1. The Balaban J connectivity index is 1.86. The molecule has 0 saturated heterocycles. The number of unbranched alkanes of at least 4 members (excludes halogenated alkanes) is 14. The fourth-order valence-electron chi connectivity index (χ4n) is 9.06. The van der Waals surface area contributed by atoms with E-state index in [1.54, 1.807) is 6.20 Å². The maximum absolute atomic E-state index is 12.5. The highest BCUT2D eigenvalue weighted by atomic mass is 16.5. The van der Waals surface area contributed by atoms with E-state index in [0.29, 0.717) is 58.1 Å². The summed E-state index contributed by atoms with van der Waals surface area (Å²) in [6.45, 7) is 4.77. The molecule has 3 atom stereocenters. The molecule has 0 saturated carbocycles. The lowest BCUT2D eigenvalue weighted by Crippen LogP contribution is -2.41. The third-order valence-corrected chi connectivity index (χ3v) is 14.3. The number of amides is 5. The molecule has 1 aromatic heterocycles. The zero-order valence-corrected chi connectivity index (χ0v) is 54.2. The number of rotatable bonds is 67. The van der Waals surface area contributed by atoms with E-state index in [4.69, 9.17) is 48.7 Å². The van der Waals surface area contributed by atoms with Crippen molar-refractivity contribution in [3.8, 4) is 0 Å². The van der Waals surface area contributed by atoms with E-state index < -0.39 is 24.0 Å². The maximum atomic E-state index is 12.5. The van der Waals surface area contributed by atoms with Gasteiger partial charge in [-0.3, -0.25) is 43.2 Å². The van der Waals surface area contributed by atoms with Gasteiger partial charge in [0.15, 0.2) is 5.78 Å². The van der Waals surface area contributed by atoms with Crippen molar-refractivity contribution in [3.05, 3.63) is 18.2 Å². The molecule has 0 aliphatic heterocycles. The number of carboxylic acids is 2. The molecule has 0 aliphatic rings. The van der Waals surface area contributed by atoms with Crippen molar-refractivity contribution in [2.75, 3.05) is 132 Å². The molecule has 91 heavy (non-hydrogen) atoms. The Hall–Kier alpha value is -5.85. The highest BCUT2D eigenvalue weighted by Crippen LogP contribution is 2.18. The zero-order chi connectivity index (χ0) is 66.6. The minimum Gasteiger partial charge on any atom is -0.481 e. The lowest BCUT2D eigenvalue weighted by molar-refractivity contribution is -0.142. The van der Waals surface area contributed by atoms with E-state index in [9.17, 15) is 53.1 Å². The van der Waals surface area contributed by atoms with Gasteiger partial charge in [-0.25, -0.2) is 9.78 Å². The van der Waals surface area contributed by atoms with Gasteiger partial charge >= 0.3 is 11.9 Å². The summed E-state index contributed by atoms with van der Waals surface area (Å²) in [7, 11) is 0. The minimum atomic E-state index is -1.20. The highest BCUT2D eigenvalue weighted by Gasteiger charge is 2.22. The molecular weight excluding hydrogens is 1190 g/mol. The first-order chi connectivity index (χ1) is 44.1. The quantitative estimate of drug-likeness (QED) is 0.0420. The summed E-state index contributed by atoms with van der Waals surface area (Å²) in [4.78, 5) is 127. The molecular formula is C63H110N8O20. The number of aromatic nitrogens is 2. The molecule has 0 aromatic carbocycles. The Morgan fingerprint density at radius 3 is 1.37 bits per heavy atom. The Bertz CT molecular complexity index is 2110. The molecule has 1 aromatic rings. The molecule has 0 unspecified atom stereocenters. The average molecular weight is 1300 g/mol. The number of H-pyrrole nitrogens is 1. The van der Waals surface area contributed by atoms with Gasteiger partial charge in [-0.2, -0.15) is 0 Å². The second-order valence-electron chi connectivity index (χ2n) is 22.2. The number of ketones is 3. The Morgan fingerprint density at radius 2 is 0.901 bits per heavy atom. The highest BCUT2D eigenvalue weighted by molar-refractivity contribution is 5.86. The molecule has 0 aliphatic carbocycles. The van der Waals surface area contributed by atoms with Crippen LogP contribution in [0.5, 0.6) is 0 Å². The van der Waals surface area contributed by atoms with Gasteiger partial charge in [0, 0.05) is 89.1 Å². The van der Waals surface area contributed by atoms with Crippen LogP contribution in [0.3, 0.4) is 0 Å².